The second-order valence-electron chi connectivity index (χ2n) is 5.84. The van der Waals surface area contributed by atoms with Gasteiger partial charge in [0.1, 0.15) is 16.4 Å². The van der Waals surface area contributed by atoms with Crippen LogP contribution in [0.1, 0.15) is 11.3 Å². The molecule has 136 valence electrons. The van der Waals surface area contributed by atoms with Crippen LogP contribution in [-0.2, 0) is 16.5 Å². The molecular formula is C18H14BrF2NO3S. The Balaban J connectivity index is 2.20. The summed E-state index contributed by atoms with van der Waals surface area (Å²) in [4.78, 5) is -0.417. The van der Waals surface area contributed by atoms with E-state index < -0.39 is 27.2 Å². The van der Waals surface area contributed by atoms with E-state index in [1.54, 1.807) is 12.1 Å². The molecule has 4 nitrogen and oxygen atoms in total. The van der Waals surface area contributed by atoms with Crippen LogP contribution in [0.2, 0.25) is 0 Å². The normalized spacial score (nSPS) is 11.7. The Morgan fingerprint density at radius 2 is 1.85 bits per heavy atom. The lowest BCUT2D eigenvalue weighted by atomic mass is 9.98. The van der Waals surface area contributed by atoms with E-state index >= 15 is 0 Å². The zero-order chi connectivity index (χ0) is 19.1. The smallest absolute Gasteiger partial charge is 0.178 e. The Bertz CT molecular complexity index is 1090. The van der Waals surface area contributed by atoms with Gasteiger partial charge in [-0.15, -0.1) is 0 Å². The fourth-order valence-electron chi connectivity index (χ4n) is 2.61. The van der Waals surface area contributed by atoms with Crippen molar-refractivity contribution in [3.8, 4) is 22.4 Å². The summed E-state index contributed by atoms with van der Waals surface area (Å²) in [6.07, 6.45) is 0.923. The maximum Gasteiger partial charge on any atom is 0.178 e. The van der Waals surface area contributed by atoms with E-state index in [0.717, 1.165) is 28.4 Å². The van der Waals surface area contributed by atoms with Crippen molar-refractivity contribution in [3.05, 3.63) is 58.0 Å². The number of nitrogens with zero attached hydrogens (tertiary/aromatic N) is 1. The van der Waals surface area contributed by atoms with Gasteiger partial charge in [-0.25, -0.2) is 17.2 Å². The van der Waals surface area contributed by atoms with Crippen molar-refractivity contribution >= 4 is 25.8 Å². The number of alkyl halides is 1. The molecule has 0 aliphatic rings. The van der Waals surface area contributed by atoms with E-state index in [0.29, 0.717) is 16.8 Å². The average molecular weight is 442 g/mol. The number of aryl methyl sites for hydroxylation is 1. The quantitative estimate of drug-likeness (QED) is 0.565. The highest BCUT2D eigenvalue weighted by Crippen LogP contribution is 2.37. The highest BCUT2D eigenvalue weighted by molar-refractivity contribution is 9.10. The molecule has 0 fully saturated rings. The molecule has 0 unspecified atom stereocenters. The van der Waals surface area contributed by atoms with Gasteiger partial charge < -0.3 is 4.52 Å². The SMILES string of the molecule is Cc1ccc(-c2noc(CF)c2-c2ccc(S(C)(=O)=O)c(F)c2)cc1Br. The maximum atomic E-state index is 14.3. The van der Waals surface area contributed by atoms with Gasteiger partial charge in [0.15, 0.2) is 22.3 Å². The standard InChI is InChI=1S/C18H14BrF2NO3S/c1-10-3-4-12(7-13(10)19)18-17(15(9-20)25-22-18)11-5-6-16(14(21)8-11)26(2,23)24/h3-8H,9H2,1-2H3. The summed E-state index contributed by atoms with van der Waals surface area (Å²) < 4.78 is 56.8. The van der Waals surface area contributed by atoms with Crippen molar-refractivity contribution in [2.45, 2.75) is 18.5 Å². The molecule has 0 saturated carbocycles. The van der Waals surface area contributed by atoms with Gasteiger partial charge in [0.2, 0.25) is 0 Å². The summed E-state index contributed by atoms with van der Waals surface area (Å²) in [5.74, 6) is -0.963. The third-order valence-electron chi connectivity index (χ3n) is 3.95. The molecule has 0 N–H and O–H groups in total. The zero-order valence-electron chi connectivity index (χ0n) is 13.9. The third-order valence-corrected chi connectivity index (χ3v) is 5.93. The molecule has 0 atom stereocenters. The predicted molar refractivity (Wildman–Crippen MR) is 97.7 cm³/mol. The molecule has 0 saturated heterocycles. The number of rotatable bonds is 4. The molecule has 3 aromatic rings. The average Bonchev–Trinajstić information content (AvgIpc) is 3.00. The largest absolute Gasteiger partial charge is 0.357 e. The first-order valence-corrected chi connectivity index (χ1v) is 10.2. The van der Waals surface area contributed by atoms with Crippen molar-refractivity contribution in [1.82, 2.24) is 5.16 Å². The second-order valence-corrected chi connectivity index (χ2v) is 8.68. The van der Waals surface area contributed by atoms with Crippen molar-refractivity contribution in [3.63, 3.8) is 0 Å². The van der Waals surface area contributed by atoms with Gasteiger partial charge in [-0.1, -0.05) is 39.3 Å². The molecule has 1 heterocycles. The number of hydrogen-bond donors (Lipinski definition) is 0. The van der Waals surface area contributed by atoms with E-state index in [1.807, 2.05) is 13.0 Å². The molecule has 0 aliphatic carbocycles. The number of sulfone groups is 1. The van der Waals surface area contributed by atoms with Gasteiger partial charge in [0, 0.05) is 16.3 Å². The van der Waals surface area contributed by atoms with Gasteiger partial charge in [0.05, 0.1) is 5.56 Å². The number of benzene rings is 2. The van der Waals surface area contributed by atoms with E-state index in [2.05, 4.69) is 21.1 Å². The van der Waals surface area contributed by atoms with Crippen LogP contribution in [0.25, 0.3) is 22.4 Å². The van der Waals surface area contributed by atoms with Crippen LogP contribution in [0.3, 0.4) is 0 Å². The fourth-order valence-corrected chi connectivity index (χ4v) is 3.71. The summed E-state index contributed by atoms with van der Waals surface area (Å²) in [6, 6.07) is 9.08. The minimum absolute atomic E-state index is 0.0526. The Hall–Kier alpha value is -2.06. The highest BCUT2D eigenvalue weighted by atomic mass is 79.9. The van der Waals surface area contributed by atoms with Crippen LogP contribution >= 0.6 is 15.9 Å². The molecule has 0 amide bonds. The zero-order valence-corrected chi connectivity index (χ0v) is 16.3. The molecule has 26 heavy (non-hydrogen) atoms. The van der Waals surface area contributed by atoms with Gasteiger partial charge >= 0.3 is 0 Å². The van der Waals surface area contributed by atoms with Gasteiger partial charge in [-0.2, -0.15) is 0 Å². The van der Waals surface area contributed by atoms with Crippen LogP contribution < -0.4 is 0 Å². The first kappa shape index (κ1) is 18.7. The van der Waals surface area contributed by atoms with Crippen LogP contribution in [0.4, 0.5) is 8.78 Å². The van der Waals surface area contributed by atoms with Crippen molar-refractivity contribution in [1.29, 1.82) is 0 Å². The lowest BCUT2D eigenvalue weighted by Crippen LogP contribution is -2.01. The molecule has 0 bridgehead atoms. The summed E-state index contributed by atoms with van der Waals surface area (Å²) >= 11 is 3.43. The van der Waals surface area contributed by atoms with Crippen molar-refractivity contribution < 1.29 is 21.7 Å². The lowest BCUT2D eigenvalue weighted by molar-refractivity contribution is 0.332. The third kappa shape index (κ3) is 3.43. The molecule has 0 radical (unpaired) electrons. The first-order valence-electron chi connectivity index (χ1n) is 7.53. The molecular weight excluding hydrogens is 428 g/mol. The Labute approximate surface area is 157 Å². The second kappa shape index (κ2) is 6.92. The van der Waals surface area contributed by atoms with Gasteiger partial charge in [-0.3, -0.25) is 0 Å². The van der Waals surface area contributed by atoms with E-state index in [9.17, 15) is 17.2 Å². The van der Waals surface area contributed by atoms with Crippen molar-refractivity contribution in [2.75, 3.05) is 6.26 Å². The Morgan fingerprint density at radius 3 is 2.42 bits per heavy atom. The topological polar surface area (TPSA) is 60.2 Å². The van der Waals surface area contributed by atoms with Gasteiger partial charge in [-0.05, 0) is 36.2 Å². The Kier molecular flexibility index (Phi) is 4.98. The molecule has 8 heteroatoms. The van der Waals surface area contributed by atoms with Crippen LogP contribution in [0, 0.1) is 12.7 Å². The minimum atomic E-state index is -3.70. The Morgan fingerprint density at radius 1 is 1.15 bits per heavy atom. The van der Waals surface area contributed by atoms with E-state index in [-0.39, 0.29) is 11.3 Å². The highest BCUT2D eigenvalue weighted by Gasteiger charge is 2.22. The van der Waals surface area contributed by atoms with Gasteiger partial charge in [0.25, 0.3) is 0 Å². The summed E-state index contributed by atoms with van der Waals surface area (Å²) in [5, 5.41) is 3.93. The molecule has 0 aliphatic heterocycles. The van der Waals surface area contributed by atoms with E-state index in [1.165, 1.54) is 6.07 Å². The summed E-state index contributed by atoms with van der Waals surface area (Å²) in [7, 11) is -3.70. The van der Waals surface area contributed by atoms with Crippen LogP contribution in [-0.4, -0.2) is 19.8 Å². The predicted octanol–water partition coefficient (Wildman–Crippen LogP) is 5.09. The molecule has 2 aromatic carbocycles. The number of halogens is 3. The number of aromatic nitrogens is 1. The fraction of sp³-hybridized carbons (Fsp3) is 0.167. The summed E-state index contributed by atoms with van der Waals surface area (Å²) in [6.45, 7) is 0.995. The maximum absolute atomic E-state index is 14.3. The lowest BCUT2D eigenvalue weighted by Gasteiger charge is -2.07. The van der Waals surface area contributed by atoms with E-state index in [4.69, 9.17) is 4.52 Å². The van der Waals surface area contributed by atoms with Crippen LogP contribution in [0.5, 0.6) is 0 Å². The summed E-state index contributed by atoms with van der Waals surface area (Å²) in [5.41, 5.74) is 2.60. The molecule has 1 aromatic heterocycles. The monoisotopic (exact) mass is 441 g/mol. The van der Waals surface area contributed by atoms with Crippen LogP contribution in [0.15, 0.2) is 50.3 Å². The molecule has 0 spiro atoms. The number of hydrogen-bond acceptors (Lipinski definition) is 4. The molecule has 3 rings (SSSR count). The first-order chi connectivity index (χ1) is 12.2. The minimum Gasteiger partial charge on any atom is -0.357 e. The van der Waals surface area contributed by atoms with Crippen molar-refractivity contribution in [2.24, 2.45) is 0 Å².